The Balaban J connectivity index is 3.06. The van der Waals surface area contributed by atoms with Crippen LogP contribution in [0, 0.1) is 0 Å². The van der Waals surface area contributed by atoms with E-state index in [1.807, 2.05) is 13.0 Å². The molecule has 64 valence electrons. The second-order valence-electron chi connectivity index (χ2n) is 2.63. The molecule has 1 saturated heterocycles. The molecule has 0 saturated carbocycles. The van der Waals surface area contributed by atoms with Gasteiger partial charge in [0.05, 0.1) is 0 Å². The van der Waals surface area contributed by atoms with E-state index in [1.54, 1.807) is 6.08 Å². The Morgan fingerprint density at radius 3 is 2.92 bits per heavy atom. The van der Waals surface area contributed by atoms with Crippen LogP contribution in [0.4, 0.5) is 0 Å². The zero-order valence-corrected chi connectivity index (χ0v) is 7.26. The van der Waals surface area contributed by atoms with Gasteiger partial charge >= 0.3 is 0 Å². The third-order valence-corrected chi connectivity index (χ3v) is 2.00. The first-order chi connectivity index (χ1) is 5.83. The molecule has 1 N–H and O–H groups in total. The average molecular weight is 163 g/mol. The maximum atomic E-state index is 10.6. The van der Waals surface area contributed by atoms with Crippen molar-refractivity contribution in [3.8, 4) is 0 Å². The Bertz CT molecular complexity index is 251. The van der Waals surface area contributed by atoms with E-state index in [1.165, 1.54) is 0 Å². The summed E-state index contributed by atoms with van der Waals surface area (Å²) in [7, 11) is 0. The molecule has 12 heavy (non-hydrogen) atoms. The lowest BCUT2D eigenvalue weighted by molar-refractivity contribution is -0.104. The third-order valence-electron chi connectivity index (χ3n) is 2.00. The highest BCUT2D eigenvalue weighted by molar-refractivity contribution is 5.80. The zero-order valence-electron chi connectivity index (χ0n) is 7.26. The Morgan fingerprint density at radius 1 is 1.67 bits per heavy atom. The van der Waals surface area contributed by atoms with E-state index in [-0.39, 0.29) is 0 Å². The van der Waals surface area contributed by atoms with Gasteiger partial charge in [-0.3, -0.25) is 4.79 Å². The first-order valence-electron chi connectivity index (χ1n) is 4.04. The molecule has 0 aliphatic carbocycles. The molecule has 0 aromatic carbocycles. The summed E-state index contributed by atoms with van der Waals surface area (Å²) < 4.78 is 0. The van der Waals surface area contributed by atoms with Gasteiger partial charge in [-0.25, -0.2) is 0 Å². The Labute approximate surface area is 72.7 Å². The highest BCUT2D eigenvalue weighted by Gasteiger charge is 2.14. The van der Waals surface area contributed by atoms with Gasteiger partial charge < -0.3 is 5.32 Å². The minimum absolute atomic E-state index is 0.702. The predicted octanol–water partition coefficient (Wildman–Crippen LogP) is 1.56. The van der Waals surface area contributed by atoms with E-state index in [0.29, 0.717) is 5.57 Å². The SMILES string of the molecule is C=C/C(C=O)=C1/CCN/C1=C/C. The number of aldehydes is 1. The van der Waals surface area contributed by atoms with E-state index in [9.17, 15) is 4.79 Å². The van der Waals surface area contributed by atoms with Crippen molar-refractivity contribution in [1.82, 2.24) is 5.32 Å². The number of hydrogen-bond donors (Lipinski definition) is 1. The van der Waals surface area contributed by atoms with Crippen molar-refractivity contribution < 1.29 is 4.79 Å². The topological polar surface area (TPSA) is 29.1 Å². The van der Waals surface area contributed by atoms with Gasteiger partial charge in [-0.1, -0.05) is 18.7 Å². The maximum Gasteiger partial charge on any atom is 0.150 e. The summed E-state index contributed by atoms with van der Waals surface area (Å²) in [6.45, 7) is 6.48. The minimum atomic E-state index is 0.702. The van der Waals surface area contributed by atoms with Crippen LogP contribution in [0.3, 0.4) is 0 Å². The van der Waals surface area contributed by atoms with E-state index in [0.717, 1.165) is 30.5 Å². The van der Waals surface area contributed by atoms with Crippen molar-refractivity contribution in [3.63, 3.8) is 0 Å². The molecular formula is C10H13NO. The number of carbonyl (C=O) groups is 1. The number of rotatable bonds is 2. The molecule has 2 nitrogen and oxygen atoms in total. The summed E-state index contributed by atoms with van der Waals surface area (Å²) in [5.41, 5.74) is 2.85. The number of hydrogen-bond acceptors (Lipinski definition) is 2. The van der Waals surface area contributed by atoms with Crippen LogP contribution in [0.25, 0.3) is 0 Å². The lowest BCUT2D eigenvalue weighted by Crippen LogP contribution is -2.03. The summed E-state index contributed by atoms with van der Waals surface area (Å²) in [6, 6.07) is 0. The van der Waals surface area contributed by atoms with Gasteiger partial charge in [0.1, 0.15) is 6.29 Å². The van der Waals surface area contributed by atoms with Crippen LogP contribution >= 0.6 is 0 Å². The second-order valence-corrected chi connectivity index (χ2v) is 2.63. The molecule has 2 heteroatoms. The first-order valence-corrected chi connectivity index (χ1v) is 4.04. The molecular weight excluding hydrogens is 150 g/mol. The summed E-state index contributed by atoms with van der Waals surface area (Å²) in [5, 5.41) is 3.20. The number of nitrogens with one attached hydrogen (secondary N) is 1. The minimum Gasteiger partial charge on any atom is -0.385 e. The highest BCUT2D eigenvalue weighted by Crippen LogP contribution is 2.21. The van der Waals surface area contributed by atoms with Crippen molar-refractivity contribution in [3.05, 3.63) is 35.6 Å². The van der Waals surface area contributed by atoms with E-state index in [2.05, 4.69) is 11.9 Å². The van der Waals surface area contributed by atoms with E-state index >= 15 is 0 Å². The third kappa shape index (κ3) is 1.47. The van der Waals surface area contributed by atoms with E-state index < -0.39 is 0 Å². The van der Waals surface area contributed by atoms with Crippen LogP contribution < -0.4 is 5.32 Å². The molecule has 0 atom stereocenters. The normalized spacial score (nSPS) is 23.6. The van der Waals surface area contributed by atoms with Crippen molar-refractivity contribution in [2.24, 2.45) is 0 Å². The van der Waals surface area contributed by atoms with Gasteiger partial charge in [0.15, 0.2) is 0 Å². The van der Waals surface area contributed by atoms with E-state index in [4.69, 9.17) is 0 Å². The smallest absolute Gasteiger partial charge is 0.150 e. The van der Waals surface area contributed by atoms with Crippen LogP contribution in [0.1, 0.15) is 13.3 Å². The molecule has 0 unspecified atom stereocenters. The monoisotopic (exact) mass is 163 g/mol. The first kappa shape index (κ1) is 8.78. The van der Waals surface area contributed by atoms with Crippen LogP contribution in [-0.4, -0.2) is 12.8 Å². The van der Waals surface area contributed by atoms with Crippen LogP contribution in [0.15, 0.2) is 35.6 Å². The van der Waals surface area contributed by atoms with Crippen molar-refractivity contribution in [2.75, 3.05) is 6.54 Å². The zero-order chi connectivity index (χ0) is 8.97. The molecule has 0 radical (unpaired) electrons. The Kier molecular flexibility index (Phi) is 2.86. The molecule has 0 aromatic heterocycles. The van der Waals surface area contributed by atoms with Crippen molar-refractivity contribution >= 4 is 6.29 Å². The summed E-state index contributed by atoms with van der Waals surface area (Å²) in [6.07, 6.45) is 5.37. The lowest BCUT2D eigenvalue weighted by Gasteiger charge is -2.01. The van der Waals surface area contributed by atoms with Gasteiger partial charge in [-0.15, -0.1) is 0 Å². The molecule has 0 spiro atoms. The number of allylic oxidation sites excluding steroid dienone is 4. The fraction of sp³-hybridized carbons (Fsp3) is 0.300. The molecule has 1 aliphatic rings. The predicted molar refractivity (Wildman–Crippen MR) is 49.7 cm³/mol. The molecule has 0 aromatic rings. The van der Waals surface area contributed by atoms with Crippen LogP contribution in [0.5, 0.6) is 0 Å². The average Bonchev–Trinajstić information content (AvgIpc) is 2.55. The van der Waals surface area contributed by atoms with Crippen molar-refractivity contribution in [2.45, 2.75) is 13.3 Å². The fourth-order valence-corrected chi connectivity index (χ4v) is 1.38. The Morgan fingerprint density at radius 2 is 2.42 bits per heavy atom. The molecule has 0 amide bonds. The lowest BCUT2D eigenvalue weighted by atomic mass is 10.1. The van der Waals surface area contributed by atoms with Gasteiger partial charge in [0.25, 0.3) is 0 Å². The highest BCUT2D eigenvalue weighted by atomic mass is 16.1. The van der Waals surface area contributed by atoms with Crippen LogP contribution in [0.2, 0.25) is 0 Å². The van der Waals surface area contributed by atoms with Crippen molar-refractivity contribution in [1.29, 1.82) is 0 Å². The van der Waals surface area contributed by atoms with Gasteiger partial charge in [-0.05, 0) is 18.9 Å². The summed E-state index contributed by atoms with van der Waals surface area (Å²) in [5.74, 6) is 0. The molecule has 1 aliphatic heterocycles. The largest absolute Gasteiger partial charge is 0.385 e. The standard InChI is InChI=1S/C10H13NO/c1-3-8(7-12)9-5-6-11-10(9)4-2/h3-4,7,11H,1,5-6H2,2H3/b9-8+,10-4+. The molecule has 1 rings (SSSR count). The van der Waals surface area contributed by atoms with Gasteiger partial charge in [-0.2, -0.15) is 0 Å². The Hall–Kier alpha value is -1.31. The quantitative estimate of drug-likeness (QED) is 0.494. The molecule has 0 bridgehead atoms. The molecule has 1 heterocycles. The molecule has 1 fully saturated rings. The number of carbonyl (C=O) groups excluding carboxylic acids is 1. The summed E-state index contributed by atoms with van der Waals surface area (Å²) in [4.78, 5) is 10.6. The van der Waals surface area contributed by atoms with Gasteiger partial charge in [0, 0.05) is 17.8 Å². The summed E-state index contributed by atoms with van der Waals surface area (Å²) >= 11 is 0. The fourth-order valence-electron chi connectivity index (χ4n) is 1.38. The van der Waals surface area contributed by atoms with Crippen LogP contribution in [-0.2, 0) is 4.79 Å². The maximum absolute atomic E-state index is 10.6. The second kappa shape index (κ2) is 3.90. The van der Waals surface area contributed by atoms with Gasteiger partial charge in [0.2, 0.25) is 0 Å².